The van der Waals surface area contributed by atoms with E-state index in [0.29, 0.717) is 0 Å². The first-order valence-electron chi connectivity index (χ1n) is 4.00. The van der Waals surface area contributed by atoms with E-state index < -0.39 is 0 Å². The Balaban J connectivity index is 4.54. The van der Waals surface area contributed by atoms with Crippen LogP contribution in [-0.2, 0) is 0 Å². The summed E-state index contributed by atoms with van der Waals surface area (Å²) in [4.78, 5) is 0. The van der Waals surface area contributed by atoms with Crippen molar-refractivity contribution in [1.82, 2.24) is 0 Å². The predicted octanol–water partition coefficient (Wildman–Crippen LogP) is 3.81. The van der Waals surface area contributed by atoms with Crippen molar-refractivity contribution in [2.24, 2.45) is 0 Å². The molecule has 0 aromatic carbocycles. The molecule has 0 rings (SSSR count). The second-order valence-electron chi connectivity index (χ2n) is 2.52. The number of hydrogen-bond acceptors (Lipinski definition) is 0. The van der Waals surface area contributed by atoms with Gasteiger partial charge in [0.25, 0.3) is 0 Å². The van der Waals surface area contributed by atoms with E-state index in [-0.39, 0.29) is 0 Å². The topological polar surface area (TPSA) is 0 Å². The Kier molecular flexibility index (Phi) is 5.72. The maximum Gasteiger partial charge on any atom is -0.0233 e. The molecule has 0 aliphatic heterocycles. The zero-order chi connectivity index (χ0) is 9.40. The Labute approximate surface area is 75.3 Å². The monoisotopic (exact) mass is 160 g/mol. The maximum atomic E-state index is 3.87. The number of rotatable bonds is 4. The van der Waals surface area contributed by atoms with Crippen molar-refractivity contribution in [2.75, 3.05) is 0 Å². The molecule has 0 saturated carbocycles. The highest BCUT2D eigenvalue weighted by molar-refractivity contribution is 5.39. The van der Waals surface area contributed by atoms with E-state index in [0.717, 1.165) is 11.1 Å². The van der Waals surface area contributed by atoms with Gasteiger partial charge in [-0.2, -0.15) is 0 Å². The molecular weight excluding hydrogens is 144 g/mol. The molecule has 0 saturated heterocycles. The molecule has 0 N–H and O–H groups in total. The Hall–Kier alpha value is -1.30. The smallest absolute Gasteiger partial charge is 0.0233 e. The Morgan fingerprint density at radius 3 is 2.33 bits per heavy atom. The molecular formula is C12H16. The molecule has 0 heteroatoms. The van der Waals surface area contributed by atoms with Gasteiger partial charge in [0.1, 0.15) is 0 Å². The van der Waals surface area contributed by atoms with Crippen molar-refractivity contribution >= 4 is 0 Å². The largest absolute Gasteiger partial charge is 0.0991 e. The van der Waals surface area contributed by atoms with Gasteiger partial charge in [-0.15, -0.1) is 0 Å². The minimum atomic E-state index is 1.06. The van der Waals surface area contributed by atoms with Crippen molar-refractivity contribution in [3.8, 4) is 0 Å². The van der Waals surface area contributed by atoms with Crippen LogP contribution >= 0.6 is 0 Å². The van der Waals surface area contributed by atoms with E-state index in [4.69, 9.17) is 0 Å². The molecule has 0 spiro atoms. The quantitative estimate of drug-likeness (QED) is 0.549. The van der Waals surface area contributed by atoms with Crippen LogP contribution in [0.1, 0.15) is 13.8 Å². The maximum absolute atomic E-state index is 3.87. The van der Waals surface area contributed by atoms with Gasteiger partial charge in [0.2, 0.25) is 0 Å². The Morgan fingerprint density at radius 1 is 1.25 bits per heavy atom. The molecule has 0 fully saturated rings. The predicted molar refractivity (Wildman–Crippen MR) is 57.0 cm³/mol. The first-order chi connectivity index (χ1) is 5.72. The SMILES string of the molecule is C=C\C=C/C(=C/C=C\C)C(=C)C. The fraction of sp³-hybridized carbons (Fsp3) is 0.167. The fourth-order valence-electron chi connectivity index (χ4n) is 0.712. The van der Waals surface area contributed by atoms with Crippen molar-refractivity contribution in [3.05, 3.63) is 60.8 Å². The molecule has 0 heterocycles. The van der Waals surface area contributed by atoms with Crippen molar-refractivity contribution in [3.63, 3.8) is 0 Å². The van der Waals surface area contributed by atoms with Crippen LogP contribution in [0.15, 0.2) is 60.8 Å². The Bertz CT molecular complexity index is 237. The zero-order valence-corrected chi connectivity index (χ0v) is 7.88. The third-order valence-corrected chi connectivity index (χ3v) is 1.37. The molecule has 0 atom stereocenters. The normalized spacial score (nSPS) is 12.7. The summed E-state index contributed by atoms with van der Waals surface area (Å²) in [7, 11) is 0. The summed E-state index contributed by atoms with van der Waals surface area (Å²) < 4.78 is 0. The molecule has 0 aromatic heterocycles. The summed E-state index contributed by atoms with van der Waals surface area (Å²) in [6.45, 7) is 11.5. The van der Waals surface area contributed by atoms with Crippen LogP contribution in [0.5, 0.6) is 0 Å². The van der Waals surface area contributed by atoms with Gasteiger partial charge in [-0.1, -0.05) is 55.2 Å². The third kappa shape index (κ3) is 4.51. The second-order valence-corrected chi connectivity index (χ2v) is 2.52. The van der Waals surface area contributed by atoms with E-state index in [9.17, 15) is 0 Å². The number of hydrogen-bond donors (Lipinski definition) is 0. The molecule has 0 bridgehead atoms. The highest BCUT2D eigenvalue weighted by Gasteiger charge is 1.88. The van der Waals surface area contributed by atoms with Gasteiger partial charge in [-0.3, -0.25) is 0 Å². The molecule has 64 valence electrons. The first-order valence-corrected chi connectivity index (χ1v) is 4.00. The lowest BCUT2D eigenvalue weighted by Crippen LogP contribution is -1.76. The molecule has 0 unspecified atom stereocenters. The van der Waals surface area contributed by atoms with Crippen molar-refractivity contribution in [2.45, 2.75) is 13.8 Å². The minimum absolute atomic E-state index is 1.06. The van der Waals surface area contributed by atoms with Gasteiger partial charge >= 0.3 is 0 Å². The third-order valence-electron chi connectivity index (χ3n) is 1.37. The van der Waals surface area contributed by atoms with Crippen LogP contribution in [0.2, 0.25) is 0 Å². The molecule has 0 radical (unpaired) electrons. The summed E-state index contributed by atoms with van der Waals surface area (Å²) in [5, 5.41) is 0. The summed E-state index contributed by atoms with van der Waals surface area (Å²) in [6, 6.07) is 0. The van der Waals surface area contributed by atoms with Crippen LogP contribution < -0.4 is 0 Å². The average molecular weight is 160 g/mol. The van der Waals surface area contributed by atoms with Crippen molar-refractivity contribution < 1.29 is 0 Å². The van der Waals surface area contributed by atoms with Gasteiger partial charge < -0.3 is 0 Å². The lowest BCUT2D eigenvalue weighted by atomic mass is 10.1. The number of allylic oxidation sites excluding steroid dienone is 8. The van der Waals surface area contributed by atoms with Gasteiger partial charge in [-0.05, 0) is 19.4 Å². The van der Waals surface area contributed by atoms with E-state index in [1.807, 2.05) is 44.2 Å². The minimum Gasteiger partial charge on any atom is -0.0991 e. The Morgan fingerprint density at radius 2 is 1.92 bits per heavy atom. The standard InChI is InChI=1S/C12H16/c1-5-7-9-12(11(3)4)10-8-6-2/h5-10H,1,3H2,2,4H3/b8-6-,9-7-,12-10-. The molecule has 0 nitrogen and oxygen atoms in total. The van der Waals surface area contributed by atoms with Gasteiger partial charge in [0, 0.05) is 0 Å². The van der Waals surface area contributed by atoms with E-state index in [1.165, 1.54) is 0 Å². The van der Waals surface area contributed by atoms with Crippen LogP contribution in [0, 0.1) is 0 Å². The van der Waals surface area contributed by atoms with Gasteiger partial charge in [0.05, 0.1) is 0 Å². The first kappa shape index (κ1) is 10.7. The fourth-order valence-corrected chi connectivity index (χ4v) is 0.712. The molecule has 0 aliphatic rings. The van der Waals surface area contributed by atoms with E-state index >= 15 is 0 Å². The highest BCUT2D eigenvalue weighted by Crippen LogP contribution is 2.08. The molecule has 12 heavy (non-hydrogen) atoms. The van der Waals surface area contributed by atoms with Crippen LogP contribution in [-0.4, -0.2) is 0 Å². The lowest BCUT2D eigenvalue weighted by molar-refractivity contribution is 1.45. The summed E-state index contributed by atoms with van der Waals surface area (Å²) >= 11 is 0. The summed E-state index contributed by atoms with van der Waals surface area (Å²) in [6.07, 6.45) is 11.7. The van der Waals surface area contributed by atoms with Gasteiger partial charge in [0.15, 0.2) is 0 Å². The molecule has 0 aromatic rings. The van der Waals surface area contributed by atoms with Gasteiger partial charge in [-0.25, -0.2) is 0 Å². The average Bonchev–Trinajstić information content (AvgIpc) is 2.04. The van der Waals surface area contributed by atoms with Crippen molar-refractivity contribution in [1.29, 1.82) is 0 Å². The van der Waals surface area contributed by atoms with Crippen LogP contribution in [0.25, 0.3) is 0 Å². The van der Waals surface area contributed by atoms with E-state index in [2.05, 4.69) is 13.2 Å². The lowest BCUT2D eigenvalue weighted by Gasteiger charge is -1.96. The van der Waals surface area contributed by atoms with E-state index in [1.54, 1.807) is 6.08 Å². The summed E-state index contributed by atoms with van der Waals surface area (Å²) in [5.74, 6) is 0. The second kappa shape index (κ2) is 6.41. The highest BCUT2D eigenvalue weighted by atomic mass is 13.9. The van der Waals surface area contributed by atoms with Crippen LogP contribution in [0.4, 0.5) is 0 Å². The zero-order valence-electron chi connectivity index (χ0n) is 7.88. The van der Waals surface area contributed by atoms with Crippen LogP contribution in [0.3, 0.4) is 0 Å². The molecule has 0 aliphatic carbocycles. The summed E-state index contributed by atoms with van der Waals surface area (Å²) in [5.41, 5.74) is 2.19. The molecule has 0 amide bonds.